The highest BCUT2D eigenvalue weighted by atomic mass is 16.5. The van der Waals surface area contributed by atoms with Crippen LogP contribution >= 0.6 is 0 Å². The summed E-state index contributed by atoms with van der Waals surface area (Å²) in [7, 11) is 4.25. The van der Waals surface area contributed by atoms with Crippen LogP contribution in [0.2, 0.25) is 0 Å². The number of nitrogens with one attached hydrogen (secondary N) is 1. The molecule has 3 atom stereocenters. The first kappa shape index (κ1) is 13.7. The molecular weight excluding hydrogens is 232 g/mol. The zero-order chi connectivity index (χ0) is 13.1. The number of carbonyl (C=O) groups excluding carboxylic acids is 1. The molecule has 2 saturated heterocycles. The lowest BCUT2D eigenvalue weighted by atomic mass is 10.2. The van der Waals surface area contributed by atoms with E-state index in [1.165, 1.54) is 6.42 Å². The Labute approximate surface area is 108 Å². The molecule has 18 heavy (non-hydrogen) atoms. The molecule has 2 aliphatic heterocycles. The number of rotatable bonds is 4. The monoisotopic (exact) mass is 256 g/mol. The van der Waals surface area contributed by atoms with E-state index in [0.29, 0.717) is 6.04 Å². The predicted molar refractivity (Wildman–Crippen MR) is 68.8 cm³/mol. The number of likely N-dealkylation sites (N-methyl/N-ethyl adjacent to an activating group) is 1. The predicted octanol–water partition coefficient (Wildman–Crippen LogP) is -0.840. The molecule has 3 N–H and O–H groups in total. The van der Waals surface area contributed by atoms with Gasteiger partial charge in [-0.3, -0.25) is 15.1 Å². The van der Waals surface area contributed by atoms with Crippen molar-refractivity contribution >= 4 is 5.91 Å². The molecule has 2 fully saturated rings. The molecule has 0 aromatic carbocycles. The zero-order valence-electron chi connectivity index (χ0n) is 11.3. The Morgan fingerprint density at radius 1 is 1.44 bits per heavy atom. The van der Waals surface area contributed by atoms with Crippen molar-refractivity contribution in [2.24, 2.45) is 5.84 Å². The average Bonchev–Trinajstić information content (AvgIpc) is 2.98. The first-order valence-corrected chi connectivity index (χ1v) is 6.65. The first-order valence-electron chi connectivity index (χ1n) is 6.65. The third kappa shape index (κ3) is 3.20. The standard InChI is InChI=1S/C12H24N4O2/c1-15(2)9-5-6-16(7-9)8-10-3-4-11(18-10)12(17)14-13/h9-11H,3-8,13H2,1-2H3,(H,14,17). The van der Waals surface area contributed by atoms with E-state index in [4.69, 9.17) is 10.6 Å². The van der Waals surface area contributed by atoms with Crippen molar-refractivity contribution in [3.63, 3.8) is 0 Å². The summed E-state index contributed by atoms with van der Waals surface area (Å²) in [5.41, 5.74) is 2.16. The molecule has 6 heteroatoms. The van der Waals surface area contributed by atoms with Gasteiger partial charge in [-0.2, -0.15) is 0 Å². The maximum atomic E-state index is 11.4. The van der Waals surface area contributed by atoms with Crippen molar-refractivity contribution in [2.45, 2.75) is 37.5 Å². The van der Waals surface area contributed by atoms with Gasteiger partial charge in [0, 0.05) is 19.1 Å². The third-order valence-corrected chi connectivity index (χ3v) is 3.98. The Balaban J connectivity index is 1.74. The van der Waals surface area contributed by atoms with Crippen LogP contribution in [0.5, 0.6) is 0 Å². The van der Waals surface area contributed by atoms with Crippen molar-refractivity contribution in [2.75, 3.05) is 33.7 Å². The Hall–Kier alpha value is -0.690. The van der Waals surface area contributed by atoms with Gasteiger partial charge in [0.2, 0.25) is 0 Å². The minimum atomic E-state index is -0.354. The molecule has 0 aromatic rings. The number of carbonyl (C=O) groups is 1. The summed E-state index contributed by atoms with van der Waals surface area (Å²) in [6, 6.07) is 0.648. The van der Waals surface area contributed by atoms with Gasteiger partial charge < -0.3 is 9.64 Å². The fourth-order valence-electron chi connectivity index (χ4n) is 2.81. The molecule has 2 rings (SSSR count). The lowest BCUT2D eigenvalue weighted by molar-refractivity contribution is -0.132. The highest BCUT2D eigenvalue weighted by molar-refractivity contribution is 5.80. The molecule has 2 aliphatic rings. The molecule has 104 valence electrons. The lowest BCUT2D eigenvalue weighted by Gasteiger charge is -2.22. The van der Waals surface area contributed by atoms with Crippen LogP contribution in [-0.4, -0.2) is 67.7 Å². The molecule has 0 spiro atoms. The SMILES string of the molecule is CN(C)C1CCN(CC2CCC(C(=O)NN)O2)C1. The van der Waals surface area contributed by atoms with E-state index in [9.17, 15) is 4.79 Å². The number of nitrogens with two attached hydrogens (primary N) is 1. The van der Waals surface area contributed by atoms with Crippen molar-refractivity contribution in [1.29, 1.82) is 0 Å². The van der Waals surface area contributed by atoms with Crippen LogP contribution in [0, 0.1) is 0 Å². The van der Waals surface area contributed by atoms with Crippen LogP contribution in [0.25, 0.3) is 0 Å². The van der Waals surface area contributed by atoms with Crippen LogP contribution < -0.4 is 11.3 Å². The van der Waals surface area contributed by atoms with Crippen molar-refractivity contribution in [3.8, 4) is 0 Å². The number of hydrazine groups is 1. The minimum absolute atomic E-state index is 0.174. The molecule has 2 heterocycles. The van der Waals surface area contributed by atoms with Gasteiger partial charge in [-0.05, 0) is 39.9 Å². The molecule has 3 unspecified atom stereocenters. The smallest absolute Gasteiger partial charge is 0.263 e. The van der Waals surface area contributed by atoms with Crippen LogP contribution in [0.15, 0.2) is 0 Å². The Bertz CT molecular complexity index is 298. The molecule has 0 aliphatic carbocycles. The summed E-state index contributed by atoms with van der Waals surface area (Å²) < 4.78 is 5.72. The molecule has 0 aromatic heterocycles. The largest absolute Gasteiger partial charge is 0.364 e. The zero-order valence-corrected chi connectivity index (χ0v) is 11.3. The second kappa shape index (κ2) is 5.97. The average molecular weight is 256 g/mol. The van der Waals surface area contributed by atoms with E-state index in [0.717, 1.165) is 32.5 Å². The van der Waals surface area contributed by atoms with E-state index in [2.05, 4.69) is 29.3 Å². The fourth-order valence-corrected chi connectivity index (χ4v) is 2.81. The van der Waals surface area contributed by atoms with Crippen molar-refractivity contribution < 1.29 is 9.53 Å². The fraction of sp³-hybridized carbons (Fsp3) is 0.917. The van der Waals surface area contributed by atoms with E-state index in [1.807, 2.05) is 0 Å². The summed E-state index contributed by atoms with van der Waals surface area (Å²) >= 11 is 0. The van der Waals surface area contributed by atoms with Gasteiger partial charge in [-0.1, -0.05) is 0 Å². The molecule has 0 bridgehead atoms. The van der Waals surface area contributed by atoms with Gasteiger partial charge in [-0.15, -0.1) is 0 Å². The number of nitrogens with zero attached hydrogens (tertiary/aromatic N) is 2. The number of hydrogen-bond acceptors (Lipinski definition) is 5. The van der Waals surface area contributed by atoms with Crippen molar-refractivity contribution in [1.82, 2.24) is 15.2 Å². The summed E-state index contributed by atoms with van der Waals surface area (Å²) in [5.74, 6) is 4.91. The first-order chi connectivity index (χ1) is 8.60. The van der Waals surface area contributed by atoms with Gasteiger partial charge >= 0.3 is 0 Å². The molecule has 1 amide bonds. The van der Waals surface area contributed by atoms with Gasteiger partial charge in [0.05, 0.1) is 6.10 Å². The number of hydrogen-bond donors (Lipinski definition) is 2. The summed E-state index contributed by atoms with van der Waals surface area (Å²) in [4.78, 5) is 16.1. The Kier molecular flexibility index (Phi) is 4.55. The van der Waals surface area contributed by atoms with Crippen LogP contribution in [-0.2, 0) is 9.53 Å². The number of likely N-dealkylation sites (tertiary alicyclic amines) is 1. The normalized spacial score (nSPS) is 33.2. The van der Waals surface area contributed by atoms with E-state index >= 15 is 0 Å². The second-order valence-corrected chi connectivity index (χ2v) is 5.50. The summed E-state index contributed by atoms with van der Waals surface area (Å²) in [6.07, 6.45) is 2.76. The number of ether oxygens (including phenoxy) is 1. The summed E-state index contributed by atoms with van der Waals surface area (Å²) in [6.45, 7) is 3.15. The highest BCUT2D eigenvalue weighted by Gasteiger charge is 2.33. The molecule has 0 saturated carbocycles. The van der Waals surface area contributed by atoms with Crippen LogP contribution in [0.3, 0.4) is 0 Å². The number of amides is 1. The van der Waals surface area contributed by atoms with E-state index in [1.54, 1.807) is 0 Å². The van der Waals surface area contributed by atoms with Crippen LogP contribution in [0.4, 0.5) is 0 Å². The van der Waals surface area contributed by atoms with Gasteiger partial charge in [-0.25, -0.2) is 5.84 Å². The third-order valence-electron chi connectivity index (χ3n) is 3.98. The maximum absolute atomic E-state index is 11.4. The Morgan fingerprint density at radius 2 is 2.22 bits per heavy atom. The minimum Gasteiger partial charge on any atom is -0.364 e. The molecule has 0 radical (unpaired) electrons. The Morgan fingerprint density at radius 3 is 2.83 bits per heavy atom. The molecular formula is C12H24N4O2. The van der Waals surface area contributed by atoms with Crippen LogP contribution in [0.1, 0.15) is 19.3 Å². The molecule has 6 nitrogen and oxygen atoms in total. The highest BCUT2D eigenvalue weighted by Crippen LogP contribution is 2.22. The summed E-state index contributed by atoms with van der Waals surface area (Å²) in [5, 5.41) is 0. The van der Waals surface area contributed by atoms with E-state index in [-0.39, 0.29) is 18.1 Å². The van der Waals surface area contributed by atoms with Gasteiger partial charge in [0.25, 0.3) is 5.91 Å². The van der Waals surface area contributed by atoms with Gasteiger partial charge in [0.1, 0.15) is 6.10 Å². The topological polar surface area (TPSA) is 70.8 Å². The van der Waals surface area contributed by atoms with Gasteiger partial charge in [0.15, 0.2) is 0 Å². The van der Waals surface area contributed by atoms with Crippen molar-refractivity contribution in [3.05, 3.63) is 0 Å². The maximum Gasteiger partial charge on any atom is 0.263 e. The quantitative estimate of drug-likeness (QED) is 0.390. The second-order valence-electron chi connectivity index (χ2n) is 5.50. The lowest BCUT2D eigenvalue weighted by Crippen LogP contribution is -2.40. The van der Waals surface area contributed by atoms with E-state index < -0.39 is 0 Å².